The number of carbonyl (C=O) groups excluding carboxylic acids is 2. The molecule has 2 aromatic heterocycles. The lowest BCUT2D eigenvalue weighted by atomic mass is 9.90. The molecule has 2 aliphatic rings. The van der Waals surface area contributed by atoms with Crippen molar-refractivity contribution in [1.82, 2.24) is 25.4 Å². The van der Waals surface area contributed by atoms with Crippen LogP contribution in [0.4, 0.5) is 13.2 Å². The summed E-state index contributed by atoms with van der Waals surface area (Å²) in [5.41, 5.74) is 1.74. The molecule has 11 nitrogen and oxygen atoms in total. The number of pyridine rings is 1. The molecular weight excluding hydrogens is 804 g/mol. The number of halogens is 3. The number of aliphatic hydroxyl groups excluding tert-OH is 1. The maximum absolute atomic E-state index is 14.6. The van der Waals surface area contributed by atoms with Gasteiger partial charge in [0.2, 0.25) is 11.8 Å². The Morgan fingerprint density at radius 1 is 0.951 bits per heavy atom. The van der Waals surface area contributed by atoms with Crippen molar-refractivity contribution < 1.29 is 41.4 Å². The van der Waals surface area contributed by atoms with Gasteiger partial charge in [0.25, 0.3) is 0 Å². The molecule has 2 amide bonds. The molecule has 1 fully saturated rings. The summed E-state index contributed by atoms with van der Waals surface area (Å²) in [5, 5.41) is 16.2. The number of nitrogens with one attached hydrogen (secondary N) is 2. The van der Waals surface area contributed by atoms with Crippen LogP contribution in [0.2, 0.25) is 18.1 Å². The third-order valence-corrected chi connectivity index (χ3v) is 17.1. The van der Waals surface area contributed by atoms with Crippen molar-refractivity contribution in [2.75, 3.05) is 39.3 Å². The second kappa shape index (κ2) is 18.8. The van der Waals surface area contributed by atoms with Gasteiger partial charge in [-0.2, -0.15) is 13.2 Å². The van der Waals surface area contributed by atoms with Crippen LogP contribution in [0.5, 0.6) is 5.75 Å². The number of piperazine rings is 1. The fourth-order valence-corrected chi connectivity index (χ4v) is 9.26. The van der Waals surface area contributed by atoms with Gasteiger partial charge in [-0.25, -0.2) is 0 Å². The number of benzene rings is 2. The van der Waals surface area contributed by atoms with Crippen LogP contribution in [-0.4, -0.2) is 104 Å². The van der Waals surface area contributed by atoms with Gasteiger partial charge in [-0.05, 0) is 80.7 Å². The van der Waals surface area contributed by atoms with Gasteiger partial charge in [-0.15, -0.1) is 0 Å². The molecule has 2 aromatic carbocycles. The Balaban J connectivity index is 1.30. The topological polar surface area (TPSA) is 129 Å². The van der Waals surface area contributed by atoms with E-state index in [2.05, 4.69) is 54.4 Å². The number of aromatic nitrogens is 1. The number of fused-ring (bicyclic) bond motifs is 1. The summed E-state index contributed by atoms with van der Waals surface area (Å²) < 4.78 is 59.9. The van der Waals surface area contributed by atoms with Crippen molar-refractivity contribution in [2.45, 2.75) is 102 Å². The lowest BCUT2D eigenvalue weighted by molar-refractivity contribution is -0.144. The zero-order valence-corrected chi connectivity index (χ0v) is 37.2. The standard InChI is InChI=1S/C46H60F3N5O6Si/c1-44(2,3)61(6,7)60-34(26-33(25-31-13-9-8-10-14-31)42(56)52-41-35-15-11-12-16-39(35)58-29-37(41)55)27-53-23-24-54(28-36(53)43(57)51-30-46(47,48)49)45(4,5)40-18-17-38(59-40)32-19-21-50-22-20-32/h8-22,33-34,36-37,41,55H,23-30H2,1-7H3,(H,51,57)(H,52,56)/t33-,34+,36+,37-,41+/m1/s1. The van der Waals surface area contributed by atoms with Crippen molar-refractivity contribution in [2.24, 2.45) is 5.92 Å². The van der Waals surface area contributed by atoms with E-state index < -0.39 is 62.7 Å². The van der Waals surface area contributed by atoms with Gasteiger partial charge in [0.05, 0.1) is 17.7 Å². The number of amides is 2. The first-order chi connectivity index (χ1) is 28.7. The highest BCUT2D eigenvalue weighted by Crippen LogP contribution is 2.40. The molecule has 61 heavy (non-hydrogen) atoms. The summed E-state index contributed by atoms with van der Waals surface area (Å²) in [7, 11) is -2.54. The molecule has 0 radical (unpaired) electrons. The molecule has 0 spiro atoms. The Morgan fingerprint density at radius 2 is 1.64 bits per heavy atom. The quantitative estimate of drug-likeness (QED) is 0.104. The van der Waals surface area contributed by atoms with Gasteiger partial charge >= 0.3 is 6.18 Å². The number of hydrogen-bond donors (Lipinski definition) is 3. The number of furan rings is 1. The molecular formula is C46H60F3N5O6Si. The van der Waals surface area contributed by atoms with Crippen molar-refractivity contribution in [1.29, 1.82) is 0 Å². The second-order valence-electron chi connectivity index (χ2n) is 18.3. The van der Waals surface area contributed by atoms with E-state index >= 15 is 0 Å². The maximum atomic E-state index is 14.6. The Kier molecular flexibility index (Phi) is 14.2. The fraction of sp³-hybridized carbons (Fsp3) is 0.500. The predicted molar refractivity (Wildman–Crippen MR) is 230 cm³/mol. The number of carbonyl (C=O) groups is 2. The average molecular weight is 864 g/mol. The Labute approximate surface area is 358 Å². The molecule has 4 heterocycles. The van der Waals surface area contributed by atoms with E-state index in [1.165, 1.54) is 0 Å². The monoisotopic (exact) mass is 863 g/mol. The molecule has 0 saturated carbocycles. The highest BCUT2D eigenvalue weighted by molar-refractivity contribution is 6.74. The largest absolute Gasteiger partial charge is 0.490 e. The van der Waals surface area contributed by atoms with Crippen molar-refractivity contribution >= 4 is 20.1 Å². The minimum Gasteiger partial charge on any atom is -0.490 e. The molecule has 3 N–H and O–H groups in total. The van der Waals surface area contributed by atoms with E-state index in [0.717, 1.165) is 11.1 Å². The van der Waals surface area contributed by atoms with E-state index in [0.29, 0.717) is 42.3 Å². The zero-order valence-electron chi connectivity index (χ0n) is 36.2. The molecule has 5 atom stereocenters. The lowest BCUT2D eigenvalue weighted by Gasteiger charge is -2.48. The van der Waals surface area contributed by atoms with Crippen molar-refractivity contribution in [3.05, 3.63) is 108 Å². The first kappa shape index (κ1) is 46.0. The van der Waals surface area contributed by atoms with E-state index in [-0.39, 0.29) is 37.1 Å². The van der Waals surface area contributed by atoms with Crippen LogP contribution in [0, 0.1) is 5.92 Å². The predicted octanol–water partition coefficient (Wildman–Crippen LogP) is 7.49. The summed E-state index contributed by atoms with van der Waals surface area (Å²) in [6.07, 6.45) is -2.18. The number of rotatable bonds is 15. The minimum absolute atomic E-state index is 0.0226. The zero-order chi connectivity index (χ0) is 44.2. The van der Waals surface area contributed by atoms with Crippen LogP contribution in [0.3, 0.4) is 0 Å². The van der Waals surface area contributed by atoms with Gasteiger partial charge in [0.15, 0.2) is 8.32 Å². The molecule has 0 bridgehead atoms. The third-order valence-electron chi connectivity index (χ3n) is 12.5. The summed E-state index contributed by atoms with van der Waals surface area (Å²) in [5.74, 6) is 0.240. The van der Waals surface area contributed by atoms with Gasteiger partial charge in [0.1, 0.15) is 42.6 Å². The van der Waals surface area contributed by atoms with Crippen molar-refractivity contribution in [3.8, 4) is 17.1 Å². The smallest absolute Gasteiger partial charge is 0.405 e. The number of para-hydroxylation sites is 1. The molecule has 15 heteroatoms. The number of aliphatic hydroxyl groups is 1. The molecule has 4 aromatic rings. The van der Waals surface area contributed by atoms with E-state index in [9.17, 15) is 27.9 Å². The minimum atomic E-state index is -4.60. The highest BCUT2D eigenvalue weighted by Gasteiger charge is 2.45. The molecule has 0 aliphatic carbocycles. The first-order valence-electron chi connectivity index (χ1n) is 21.0. The summed E-state index contributed by atoms with van der Waals surface area (Å²) in [6.45, 7) is 14.3. The van der Waals surface area contributed by atoms with Crippen LogP contribution in [0.25, 0.3) is 11.3 Å². The lowest BCUT2D eigenvalue weighted by Crippen LogP contribution is -2.64. The SMILES string of the molecule is CC(C)(c1ccc(-c2ccncc2)o1)N1CCN(C[C@H](C[C@@H](Cc2ccccc2)C(=O)N[C@H]2c3ccccc3OC[C@H]2O)O[Si](C)(C)C(C)(C)C)[C@H](C(=O)NCC(F)(F)F)C1. The van der Waals surface area contributed by atoms with Gasteiger partial charge < -0.3 is 29.3 Å². The summed E-state index contributed by atoms with van der Waals surface area (Å²) in [4.78, 5) is 36.6. The van der Waals surface area contributed by atoms with Crippen LogP contribution < -0.4 is 15.4 Å². The normalized spacial score (nSPS) is 20.3. The van der Waals surface area contributed by atoms with Gasteiger partial charge in [-0.3, -0.25) is 24.4 Å². The molecule has 330 valence electrons. The van der Waals surface area contributed by atoms with Crippen molar-refractivity contribution in [3.63, 3.8) is 0 Å². The molecule has 2 aliphatic heterocycles. The summed E-state index contributed by atoms with van der Waals surface area (Å²) in [6, 6.07) is 22.7. The maximum Gasteiger partial charge on any atom is 0.405 e. The van der Waals surface area contributed by atoms with Crippen LogP contribution in [0.15, 0.2) is 95.7 Å². The van der Waals surface area contributed by atoms with E-state index in [1.54, 1.807) is 12.4 Å². The number of hydrogen-bond acceptors (Lipinski definition) is 9. The van der Waals surface area contributed by atoms with Gasteiger partial charge in [-0.1, -0.05) is 69.3 Å². The fourth-order valence-electron chi connectivity index (χ4n) is 7.90. The van der Waals surface area contributed by atoms with Crippen LogP contribution >= 0.6 is 0 Å². The average Bonchev–Trinajstić information content (AvgIpc) is 3.72. The Hall–Kier alpha value is -4.54. The summed E-state index contributed by atoms with van der Waals surface area (Å²) >= 11 is 0. The highest BCUT2D eigenvalue weighted by atomic mass is 28.4. The molecule has 1 saturated heterocycles. The van der Waals surface area contributed by atoms with E-state index in [4.69, 9.17) is 13.6 Å². The Bertz CT molecular complexity index is 2080. The number of ether oxygens (including phenoxy) is 1. The van der Waals surface area contributed by atoms with Crippen LogP contribution in [-0.2, 0) is 26.0 Å². The third kappa shape index (κ3) is 11.5. The second-order valence-corrected chi connectivity index (χ2v) is 23.0. The van der Waals surface area contributed by atoms with Crippen LogP contribution in [0.1, 0.15) is 64.0 Å². The molecule has 0 unspecified atom stereocenters. The number of alkyl halides is 3. The van der Waals surface area contributed by atoms with Gasteiger partial charge in [0, 0.05) is 55.6 Å². The first-order valence-corrected chi connectivity index (χ1v) is 23.9. The van der Waals surface area contributed by atoms with E-state index in [1.807, 2.05) is 97.6 Å². The molecule has 6 rings (SSSR count). The Morgan fingerprint density at radius 3 is 2.33 bits per heavy atom. The number of nitrogens with zero attached hydrogens (tertiary/aromatic N) is 3.